The van der Waals surface area contributed by atoms with E-state index >= 15 is 0 Å². The van der Waals surface area contributed by atoms with Crippen LogP contribution in [-0.4, -0.2) is 26.5 Å². The number of hydrogen-bond acceptors (Lipinski definition) is 4. The molecular formula is C21H18BrF4N5O. The Morgan fingerprint density at radius 3 is 2.59 bits per heavy atom. The van der Waals surface area contributed by atoms with E-state index in [1.165, 1.54) is 6.92 Å². The third kappa shape index (κ3) is 3.96. The van der Waals surface area contributed by atoms with Gasteiger partial charge in [-0.1, -0.05) is 0 Å². The van der Waals surface area contributed by atoms with Crippen molar-refractivity contribution in [2.75, 3.05) is 5.32 Å². The Balaban J connectivity index is 1.75. The number of nitrogens with zero attached hydrogens (tertiary/aromatic N) is 3. The van der Waals surface area contributed by atoms with Gasteiger partial charge in [0.1, 0.15) is 10.1 Å². The standard InChI is InChI=1S/C21H18BrF4N5O/c1-8(2)31-7-27-14-6-15(22)30-20(18(14)31)28-13-4-10(9(3)16(23)17(13)24)21(32)29-12-5-11(12)19(25)26/h4,6-8,12H,5H2,1-3H3,(H,28,30)(H,29,32). The number of carbonyl (C=O) groups is 1. The summed E-state index contributed by atoms with van der Waals surface area (Å²) in [6.45, 7) is 5.12. The normalized spacial score (nSPS) is 15.4. The molecule has 2 aromatic heterocycles. The number of halogens is 5. The van der Waals surface area contributed by atoms with Gasteiger partial charge in [0.05, 0.1) is 23.6 Å². The first-order valence-electron chi connectivity index (χ1n) is 9.72. The molecule has 3 aromatic rings. The Hall–Kier alpha value is -2.95. The summed E-state index contributed by atoms with van der Waals surface area (Å²) in [5.74, 6) is -2.97. The molecule has 32 heavy (non-hydrogen) atoms. The molecular weight excluding hydrogens is 494 g/mol. The lowest BCUT2D eigenvalue weighted by molar-refractivity contribution is 0.0951. The number of benzene rings is 1. The molecule has 1 fully saturated rings. The van der Waals surface area contributed by atoms with Gasteiger partial charge in [0, 0.05) is 29.2 Å². The molecule has 1 atom stereocenters. The van der Waals surface area contributed by atoms with Gasteiger partial charge in [0.15, 0.2) is 17.5 Å². The van der Waals surface area contributed by atoms with Crippen molar-refractivity contribution in [2.45, 2.75) is 39.3 Å². The van der Waals surface area contributed by atoms with Crippen LogP contribution in [0.1, 0.15) is 42.2 Å². The maximum Gasteiger partial charge on any atom is 0.271 e. The Morgan fingerprint density at radius 2 is 1.97 bits per heavy atom. The van der Waals surface area contributed by atoms with E-state index in [4.69, 9.17) is 0 Å². The zero-order valence-corrected chi connectivity index (χ0v) is 18.8. The fraction of sp³-hybridized carbons (Fsp3) is 0.286. The summed E-state index contributed by atoms with van der Waals surface area (Å²) in [5.41, 5.74) is 0.276. The van der Waals surface area contributed by atoms with Crippen molar-refractivity contribution in [3.05, 3.63) is 57.5 Å². The molecule has 0 radical (unpaired) electrons. The molecule has 2 N–H and O–H groups in total. The summed E-state index contributed by atoms with van der Waals surface area (Å²) in [7, 11) is 0. The lowest BCUT2D eigenvalue weighted by atomic mass is 10.1. The summed E-state index contributed by atoms with van der Waals surface area (Å²) in [6, 6.07) is 2.05. The van der Waals surface area contributed by atoms with Crippen molar-refractivity contribution in [2.24, 2.45) is 0 Å². The molecule has 0 aliphatic heterocycles. The molecule has 2 heterocycles. The van der Waals surface area contributed by atoms with Gasteiger partial charge in [-0.15, -0.1) is 0 Å². The Kier molecular flexibility index (Phi) is 5.70. The number of amides is 1. The highest BCUT2D eigenvalue weighted by atomic mass is 79.9. The maximum absolute atomic E-state index is 14.8. The molecule has 1 amide bonds. The predicted molar refractivity (Wildman–Crippen MR) is 115 cm³/mol. The van der Waals surface area contributed by atoms with E-state index in [0.717, 1.165) is 6.07 Å². The van der Waals surface area contributed by atoms with E-state index in [-0.39, 0.29) is 40.7 Å². The van der Waals surface area contributed by atoms with Crippen LogP contribution in [0.15, 0.2) is 34.7 Å². The van der Waals surface area contributed by atoms with Crippen molar-refractivity contribution < 1.29 is 22.4 Å². The van der Waals surface area contributed by atoms with Gasteiger partial charge in [0.25, 0.3) is 12.0 Å². The molecule has 0 bridgehead atoms. The van der Waals surface area contributed by atoms with E-state index in [1.807, 2.05) is 18.4 Å². The third-order valence-corrected chi connectivity index (χ3v) is 5.66. The summed E-state index contributed by atoms with van der Waals surface area (Å²) < 4.78 is 56.9. The van der Waals surface area contributed by atoms with Crippen LogP contribution in [0, 0.1) is 18.6 Å². The first kappa shape index (κ1) is 22.3. The number of pyridine rings is 1. The van der Waals surface area contributed by atoms with Gasteiger partial charge in [-0.2, -0.15) is 8.78 Å². The van der Waals surface area contributed by atoms with E-state index in [9.17, 15) is 22.4 Å². The van der Waals surface area contributed by atoms with Crippen LogP contribution in [0.5, 0.6) is 0 Å². The maximum atomic E-state index is 14.8. The average Bonchev–Trinajstić information content (AvgIpc) is 3.35. The molecule has 0 saturated heterocycles. The number of fused-ring (bicyclic) bond motifs is 1. The highest BCUT2D eigenvalue weighted by Gasteiger charge is 2.36. The van der Waals surface area contributed by atoms with Crippen LogP contribution >= 0.6 is 15.9 Å². The second-order valence-electron chi connectivity index (χ2n) is 7.77. The second-order valence-corrected chi connectivity index (χ2v) is 8.58. The van der Waals surface area contributed by atoms with E-state index < -0.39 is 29.7 Å². The molecule has 0 spiro atoms. The van der Waals surface area contributed by atoms with Gasteiger partial charge < -0.3 is 15.2 Å². The zero-order chi connectivity index (χ0) is 23.3. The third-order valence-electron chi connectivity index (χ3n) is 5.26. The number of carbonyl (C=O) groups excluding carboxylic acids is 1. The minimum atomic E-state index is -1.84. The van der Waals surface area contributed by atoms with Gasteiger partial charge in [-0.25, -0.2) is 18.7 Å². The summed E-state index contributed by atoms with van der Waals surface area (Å²) in [5, 5.41) is 5.18. The lowest BCUT2D eigenvalue weighted by Gasteiger charge is -2.16. The first-order chi connectivity index (χ1) is 15.1. The minimum absolute atomic E-state index is 0.0150. The summed E-state index contributed by atoms with van der Waals surface area (Å²) in [4.78, 5) is 21.2. The van der Waals surface area contributed by atoms with Gasteiger partial charge >= 0.3 is 0 Å². The lowest BCUT2D eigenvalue weighted by Crippen LogP contribution is -2.27. The topological polar surface area (TPSA) is 71.8 Å². The van der Waals surface area contributed by atoms with Gasteiger partial charge in [0.2, 0.25) is 0 Å². The Bertz CT molecular complexity index is 1280. The Morgan fingerprint density at radius 1 is 1.25 bits per heavy atom. The number of rotatable bonds is 5. The van der Waals surface area contributed by atoms with Gasteiger partial charge in [-0.3, -0.25) is 4.79 Å². The fourth-order valence-electron chi connectivity index (χ4n) is 3.42. The quantitative estimate of drug-likeness (QED) is 0.337. The highest BCUT2D eigenvalue weighted by Crippen LogP contribution is 2.35. The molecule has 1 aliphatic rings. The SMILES string of the molecule is Cc1c(C(=O)NC2CC2=C(F)F)cc(Nc2nc(Br)cc3ncn(C(C)C)c23)c(F)c1F. The van der Waals surface area contributed by atoms with E-state index in [2.05, 4.69) is 36.5 Å². The molecule has 1 aromatic carbocycles. The molecule has 11 heteroatoms. The van der Waals surface area contributed by atoms with E-state index in [1.54, 1.807) is 12.4 Å². The fourth-order valence-corrected chi connectivity index (χ4v) is 3.82. The van der Waals surface area contributed by atoms with Gasteiger partial charge in [-0.05, 0) is 48.8 Å². The van der Waals surface area contributed by atoms with Crippen LogP contribution in [0.4, 0.5) is 29.1 Å². The number of nitrogens with one attached hydrogen (secondary N) is 2. The number of hydrogen-bond donors (Lipinski definition) is 2. The molecule has 6 nitrogen and oxygen atoms in total. The van der Waals surface area contributed by atoms with E-state index in [0.29, 0.717) is 15.6 Å². The highest BCUT2D eigenvalue weighted by molar-refractivity contribution is 9.10. The van der Waals surface area contributed by atoms with Crippen molar-refractivity contribution in [3.63, 3.8) is 0 Å². The molecule has 4 rings (SSSR count). The molecule has 1 aliphatic carbocycles. The molecule has 1 saturated carbocycles. The van der Waals surface area contributed by atoms with Crippen molar-refractivity contribution in [1.82, 2.24) is 19.9 Å². The minimum Gasteiger partial charge on any atom is -0.345 e. The number of imidazole rings is 1. The van der Waals surface area contributed by atoms with Crippen LogP contribution < -0.4 is 10.6 Å². The first-order valence-corrected chi connectivity index (χ1v) is 10.5. The smallest absolute Gasteiger partial charge is 0.271 e. The average molecular weight is 512 g/mol. The predicted octanol–water partition coefficient (Wildman–Crippen LogP) is 5.76. The largest absolute Gasteiger partial charge is 0.345 e. The zero-order valence-electron chi connectivity index (χ0n) is 17.2. The molecule has 168 valence electrons. The summed E-state index contributed by atoms with van der Waals surface area (Å²) in [6.07, 6.45) is -0.197. The Labute approximate surface area is 188 Å². The van der Waals surface area contributed by atoms with Crippen LogP contribution in [0.25, 0.3) is 11.0 Å². The number of aromatic nitrogens is 3. The van der Waals surface area contributed by atoms with Crippen molar-refractivity contribution >= 4 is 44.4 Å². The van der Waals surface area contributed by atoms with Crippen LogP contribution in [-0.2, 0) is 0 Å². The monoisotopic (exact) mass is 511 g/mol. The number of anilines is 2. The van der Waals surface area contributed by atoms with Crippen molar-refractivity contribution in [1.29, 1.82) is 0 Å². The second kappa shape index (κ2) is 8.19. The van der Waals surface area contributed by atoms with Crippen LogP contribution in [0.2, 0.25) is 0 Å². The van der Waals surface area contributed by atoms with Crippen LogP contribution in [0.3, 0.4) is 0 Å². The summed E-state index contributed by atoms with van der Waals surface area (Å²) >= 11 is 3.28. The molecule has 1 unspecified atom stereocenters. The van der Waals surface area contributed by atoms with Crippen molar-refractivity contribution in [3.8, 4) is 0 Å².